The monoisotopic (exact) mass is 268 g/mol. The van der Waals surface area contributed by atoms with Gasteiger partial charge < -0.3 is 10.2 Å². The largest absolute Gasteiger partial charge is 0.439 e. The van der Waals surface area contributed by atoms with E-state index in [4.69, 9.17) is 21.8 Å². The number of halogens is 2. The van der Waals surface area contributed by atoms with Crippen LogP contribution in [-0.4, -0.2) is 11.5 Å². The van der Waals surface area contributed by atoms with Crippen molar-refractivity contribution in [1.82, 2.24) is 4.98 Å². The number of fused-ring (bicyclic) bond motifs is 1. The third kappa shape index (κ3) is 1.89. The number of rotatable bonds is 2. The molecule has 1 aliphatic carbocycles. The van der Waals surface area contributed by atoms with Gasteiger partial charge in [0.1, 0.15) is 11.3 Å². The van der Waals surface area contributed by atoms with E-state index in [0.717, 1.165) is 19.3 Å². The minimum Gasteiger partial charge on any atom is -0.439 e. The Hall–Kier alpha value is -1.13. The molecule has 5 heteroatoms. The number of aromatic nitrogens is 1. The van der Waals surface area contributed by atoms with E-state index in [9.17, 15) is 4.39 Å². The SMILES string of the molecule is NCC1CCCC1c1nc2cc(F)cc(Cl)c2o1. The van der Waals surface area contributed by atoms with Gasteiger partial charge in [-0.05, 0) is 31.4 Å². The number of nitrogens with two attached hydrogens (primary N) is 1. The fraction of sp³-hybridized carbons (Fsp3) is 0.462. The van der Waals surface area contributed by atoms with Gasteiger partial charge >= 0.3 is 0 Å². The van der Waals surface area contributed by atoms with E-state index in [1.807, 2.05) is 0 Å². The van der Waals surface area contributed by atoms with Crippen molar-refractivity contribution in [2.45, 2.75) is 25.2 Å². The Kier molecular flexibility index (Phi) is 2.99. The Morgan fingerprint density at radius 2 is 2.28 bits per heavy atom. The summed E-state index contributed by atoms with van der Waals surface area (Å²) >= 11 is 5.95. The number of benzene rings is 1. The zero-order chi connectivity index (χ0) is 12.7. The van der Waals surface area contributed by atoms with Crippen LogP contribution in [0, 0.1) is 11.7 Å². The van der Waals surface area contributed by atoms with E-state index in [0.29, 0.717) is 29.5 Å². The topological polar surface area (TPSA) is 52.0 Å². The summed E-state index contributed by atoms with van der Waals surface area (Å²) in [6.07, 6.45) is 3.25. The van der Waals surface area contributed by atoms with Crippen LogP contribution in [0.3, 0.4) is 0 Å². The van der Waals surface area contributed by atoms with Crippen LogP contribution in [0.2, 0.25) is 5.02 Å². The van der Waals surface area contributed by atoms with Crippen LogP contribution in [0.5, 0.6) is 0 Å². The summed E-state index contributed by atoms with van der Waals surface area (Å²) in [5.41, 5.74) is 6.71. The molecule has 96 valence electrons. The van der Waals surface area contributed by atoms with Crippen LogP contribution in [-0.2, 0) is 0 Å². The van der Waals surface area contributed by atoms with Crippen molar-refractivity contribution in [3.8, 4) is 0 Å². The second kappa shape index (κ2) is 4.52. The van der Waals surface area contributed by atoms with Gasteiger partial charge in [0.25, 0.3) is 0 Å². The second-order valence-electron chi connectivity index (χ2n) is 4.82. The Balaban J connectivity index is 2.05. The highest BCUT2D eigenvalue weighted by Crippen LogP contribution is 2.40. The van der Waals surface area contributed by atoms with E-state index < -0.39 is 5.82 Å². The van der Waals surface area contributed by atoms with Crippen LogP contribution >= 0.6 is 11.6 Å². The summed E-state index contributed by atoms with van der Waals surface area (Å²) in [4.78, 5) is 4.37. The van der Waals surface area contributed by atoms with E-state index in [-0.39, 0.29) is 10.9 Å². The fourth-order valence-electron chi connectivity index (χ4n) is 2.78. The highest BCUT2D eigenvalue weighted by molar-refractivity contribution is 6.34. The van der Waals surface area contributed by atoms with Gasteiger partial charge in [-0.1, -0.05) is 18.0 Å². The van der Waals surface area contributed by atoms with Crippen molar-refractivity contribution in [1.29, 1.82) is 0 Å². The molecule has 0 saturated heterocycles. The number of nitrogens with zero attached hydrogens (tertiary/aromatic N) is 1. The Morgan fingerprint density at radius 3 is 3.06 bits per heavy atom. The predicted molar refractivity (Wildman–Crippen MR) is 68.1 cm³/mol. The molecule has 0 bridgehead atoms. The molecular weight excluding hydrogens is 255 g/mol. The highest BCUT2D eigenvalue weighted by Gasteiger charge is 2.31. The lowest BCUT2D eigenvalue weighted by molar-refractivity contribution is 0.401. The highest BCUT2D eigenvalue weighted by atomic mass is 35.5. The quantitative estimate of drug-likeness (QED) is 0.907. The van der Waals surface area contributed by atoms with Gasteiger partial charge in [0, 0.05) is 12.0 Å². The lowest BCUT2D eigenvalue weighted by atomic mass is 9.96. The molecule has 3 nitrogen and oxygen atoms in total. The van der Waals surface area contributed by atoms with E-state index >= 15 is 0 Å². The van der Waals surface area contributed by atoms with Gasteiger partial charge in [-0.3, -0.25) is 0 Å². The maximum atomic E-state index is 13.2. The summed E-state index contributed by atoms with van der Waals surface area (Å²) < 4.78 is 18.9. The van der Waals surface area contributed by atoms with Crippen LogP contribution in [0.1, 0.15) is 31.1 Å². The van der Waals surface area contributed by atoms with E-state index in [1.54, 1.807) is 0 Å². The summed E-state index contributed by atoms with van der Waals surface area (Å²) in [6.45, 7) is 0.630. The van der Waals surface area contributed by atoms with Gasteiger partial charge in [0.2, 0.25) is 0 Å². The first-order chi connectivity index (χ1) is 8.69. The van der Waals surface area contributed by atoms with Gasteiger partial charge in [-0.25, -0.2) is 9.37 Å². The molecule has 0 radical (unpaired) electrons. The van der Waals surface area contributed by atoms with Gasteiger partial charge in [-0.15, -0.1) is 0 Å². The molecular formula is C13H14ClFN2O. The van der Waals surface area contributed by atoms with Gasteiger partial charge in [-0.2, -0.15) is 0 Å². The molecule has 2 N–H and O–H groups in total. The second-order valence-corrected chi connectivity index (χ2v) is 5.23. The van der Waals surface area contributed by atoms with Gasteiger partial charge in [0.05, 0.1) is 5.02 Å². The zero-order valence-corrected chi connectivity index (χ0v) is 10.6. The molecule has 2 unspecified atom stereocenters. The van der Waals surface area contributed by atoms with Crippen molar-refractivity contribution in [3.63, 3.8) is 0 Å². The molecule has 3 rings (SSSR count). The summed E-state index contributed by atoms with van der Waals surface area (Å²) in [5.74, 6) is 0.891. The zero-order valence-electron chi connectivity index (χ0n) is 9.83. The lowest BCUT2D eigenvalue weighted by Crippen LogP contribution is -2.17. The summed E-state index contributed by atoms with van der Waals surface area (Å²) in [5, 5.41) is 0.269. The third-order valence-corrected chi connectivity index (χ3v) is 3.99. The molecule has 1 aliphatic rings. The maximum Gasteiger partial charge on any atom is 0.199 e. The van der Waals surface area contributed by atoms with Crippen LogP contribution < -0.4 is 5.73 Å². The maximum absolute atomic E-state index is 13.2. The summed E-state index contributed by atoms with van der Waals surface area (Å²) in [7, 11) is 0. The van der Waals surface area contributed by atoms with Crippen molar-refractivity contribution >= 4 is 22.7 Å². The molecule has 1 aromatic heterocycles. The predicted octanol–water partition coefficient (Wildman–Crippen LogP) is 3.46. The molecule has 2 aromatic rings. The van der Waals surface area contributed by atoms with E-state index in [2.05, 4.69) is 4.98 Å². The van der Waals surface area contributed by atoms with Crippen LogP contribution in [0.15, 0.2) is 16.5 Å². The minimum atomic E-state index is -0.394. The summed E-state index contributed by atoms with van der Waals surface area (Å²) in [6, 6.07) is 2.59. The first-order valence-electron chi connectivity index (χ1n) is 6.14. The van der Waals surface area contributed by atoms with Crippen molar-refractivity contribution < 1.29 is 8.81 Å². The molecule has 1 fully saturated rings. The molecule has 2 atom stereocenters. The molecule has 0 spiro atoms. The van der Waals surface area contributed by atoms with Crippen molar-refractivity contribution in [2.75, 3.05) is 6.54 Å². The first-order valence-corrected chi connectivity index (χ1v) is 6.52. The number of hydrogen-bond donors (Lipinski definition) is 1. The third-order valence-electron chi connectivity index (χ3n) is 3.71. The molecule has 18 heavy (non-hydrogen) atoms. The minimum absolute atomic E-state index is 0.238. The fourth-order valence-corrected chi connectivity index (χ4v) is 3.02. The molecule has 1 heterocycles. The average Bonchev–Trinajstić information content (AvgIpc) is 2.92. The smallest absolute Gasteiger partial charge is 0.199 e. The molecule has 1 saturated carbocycles. The van der Waals surface area contributed by atoms with Crippen molar-refractivity contribution in [3.05, 3.63) is 28.9 Å². The number of hydrogen-bond acceptors (Lipinski definition) is 3. The lowest BCUT2D eigenvalue weighted by Gasteiger charge is -2.13. The molecule has 1 aromatic carbocycles. The molecule has 0 amide bonds. The van der Waals surface area contributed by atoms with Crippen molar-refractivity contribution in [2.24, 2.45) is 11.7 Å². The Bertz CT molecular complexity index is 584. The Morgan fingerprint density at radius 1 is 1.44 bits per heavy atom. The van der Waals surface area contributed by atoms with Crippen LogP contribution in [0.4, 0.5) is 4.39 Å². The first kappa shape index (κ1) is 11.9. The van der Waals surface area contributed by atoms with Gasteiger partial charge in [0.15, 0.2) is 11.5 Å². The van der Waals surface area contributed by atoms with E-state index in [1.165, 1.54) is 12.1 Å². The Labute approximate surface area is 109 Å². The van der Waals surface area contributed by atoms with Crippen LogP contribution in [0.25, 0.3) is 11.1 Å². The molecule has 0 aliphatic heterocycles. The average molecular weight is 269 g/mol. The number of oxazole rings is 1. The normalized spacial score (nSPS) is 23.9. The standard InChI is InChI=1S/C13H14ClFN2O/c14-10-4-8(15)5-11-12(10)18-13(17-11)9-3-1-2-7(9)6-16/h4-5,7,9H,1-3,6,16H2.